The Hall–Kier alpha value is -2.28. The van der Waals surface area contributed by atoms with E-state index in [-0.39, 0.29) is 11.7 Å². The van der Waals surface area contributed by atoms with Gasteiger partial charge in [0.25, 0.3) is 0 Å². The lowest BCUT2D eigenvalue weighted by molar-refractivity contribution is -0.113. The van der Waals surface area contributed by atoms with Gasteiger partial charge in [-0.1, -0.05) is 0 Å². The van der Waals surface area contributed by atoms with Crippen molar-refractivity contribution < 1.29 is 23.0 Å². The van der Waals surface area contributed by atoms with Gasteiger partial charge in [0.1, 0.15) is 11.5 Å². The molecule has 122 valence electrons. The molecule has 0 unspecified atom stereocenters. The minimum absolute atomic E-state index is 0.0471. The minimum Gasteiger partial charge on any atom is -0.497 e. The smallest absolute Gasteiger partial charge is 0.234 e. The van der Waals surface area contributed by atoms with Crippen LogP contribution in [0.1, 0.15) is 0 Å². The molecule has 0 aromatic heterocycles. The molecule has 0 aliphatic rings. The van der Waals surface area contributed by atoms with E-state index in [0.717, 1.165) is 23.9 Å². The number of hydrogen-bond donors (Lipinski definition) is 1. The number of rotatable bonds is 6. The molecule has 0 radical (unpaired) electrons. The predicted octanol–water partition coefficient (Wildman–Crippen LogP) is 3.71. The number of methoxy groups -OCH3 is 2. The highest BCUT2D eigenvalue weighted by Gasteiger charge is 2.10. The van der Waals surface area contributed by atoms with Crippen molar-refractivity contribution in [2.45, 2.75) is 4.90 Å². The van der Waals surface area contributed by atoms with Gasteiger partial charge >= 0.3 is 0 Å². The molecule has 0 saturated carbocycles. The molecule has 1 amide bonds. The minimum atomic E-state index is -0.940. The van der Waals surface area contributed by atoms with E-state index in [1.807, 2.05) is 0 Å². The third-order valence-electron chi connectivity index (χ3n) is 2.94. The van der Waals surface area contributed by atoms with Crippen molar-refractivity contribution in [1.29, 1.82) is 0 Å². The van der Waals surface area contributed by atoms with Crippen molar-refractivity contribution in [3.63, 3.8) is 0 Å². The average Bonchev–Trinajstić information content (AvgIpc) is 2.55. The summed E-state index contributed by atoms with van der Waals surface area (Å²) in [5.74, 6) is -1.03. The van der Waals surface area contributed by atoms with E-state index < -0.39 is 11.6 Å². The van der Waals surface area contributed by atoms with Gasteiger partial charge in [-0.2, -0.15) is 0 Å². The van der Waals surface area contributed by atoms with E-state index in [1.165, 1.54) is 20.3 Å². The van der Waals surface area contributed by atoms with Gasteiger partial charge < -0.3 is 14.8 Å². The number of halogens is 2. The van der Waals surface area contributed by atoms with Crippen molar-refractivity contribution in [1.82, 2.24) is 0 Å². The first kappa shape index (κ1) is 17.1. The van der Waals surface area contributed by atoms with Gasteiger partial charge in [-0.3, -0.25) is 4.79 Å². The number of benzene rings is 2. The van der Waals surface area contributed by atoms with Crippen LogP contribution in [0.15, 0.2) is 41.3 Å². The number of carbonyl (C=O) groups is 1. The van der Waals surface area contributed by atoms with Gasteiger partial charge in [-0.25, -0.2) is 8.78 Å². The van der Waals surface area contributed by atoms with E-state index in [2.05, 4.69) is 5.32 Å². The fraction of sp³-hybridized carbons (Fsp3) is 0.188. The summed E-state index contributed by atoms with van der Waals surface area (Å²) in [6.45, 7) is 0. The zero-order valence-corrected chi connectivity index (χ0v) is 13.4. The molecule has 4 nitrogen and oxygen atoms in total. The van der Waals surface area contributed by atoms with Crippen LogP contribution in [-0.4, -0.2) is 25.9 Å². The number of anilines is 1. The number of carbonyl (C=O) groups excluding carboxylic acids is 1. The van der Waals surface area contributed by atoms with Crippen LogP contribution < -0.4 is 14.8 Å². The van der Waals surface area contributed by atoms with Crippen molar-refractivity contribution in [2.24, 2.45) is 0 Å². The van der Waals surface area contributed by atoms with E-state index in [1.54, 1.807) is 18.2 Å². The van der Waals surface area contributed by atoms with Gasteiger partial charge in [-0.15, -0.1) is 11.8 Å². The average molecular weight is 339 g/mol. The lowest BCUT2D eigenvalue weighted by atomic mass is 10.2. The van der Waals surface area contributed by atoms with Crippen LogP contribution >= 0.6 is 11.8 Å². The number of thioether (sulfide) groups is 1. The Morgan fingerprint density at radius 2 is 1.87 bits per heavy atom. The van der Waals surface area contributed by atoms with E-state index >= 15 is 0 Å². The Labute approximate surface area is 136 Å². The first-order valence-electron chi connectivity index (χ1n) is 6.63. The second kappa shape index (κ2) is 7.82. The number of amides is 1. The maximum absolute atomic E-state index is 13.1. The highest BCUT2D eigenvalue weighted by atomic mass is 32.2. The normalized spacial score (nSPS) is 10.3. The highest BCUT2D eigenvalue weighted by molar-refractivity contribution is 8.00. The largest absolute Gasteiger partial charge is 0.497 e. The molecule has 2 aromatic carbocycles. The third-order valence-corrected chi connectivity index (χ3v) is 3.94. The van der Waals surface area contributed by atoms with Gasteiger partial charge in [-0.05, 0) is 30.3 Å². The maximum Gasteiger partial charge on any atom is 0.234 e. The Morgan fingerprint density at radius 1 is 1.09 bits per heavy atom. The lowest BCUT2D eigenvalue weighted by Crippen LogP contribution is -2.14. The van der Waals surface area contributed by atoms with Gasteiger partial charge in [0.15, 0.2) is 11.6 Å². The van der Waals surface area contributed by atoms with E-state index in [9.17, 15) is 13.6 Å². The van der Waals surface area contributed by atoms with Crippen molar-refractivity contribution in [3.8, 4) is 11.5 Å². The van der Waals surface area contributed by atoms with Crippen molar-refractivity contribution >= 4 is 23.4 Å². The zero-order valence-electron chi connectivity index (χ0n) is 12.6. The number of nitrogens with one attached hydrogen (secondary N) is 1. The molecule has 0 spiro atoms. The second-order valence-electron chi connectivity index (χ2n) is 4.48. The Kier molecular flexibility index (Phi) is 5.81. The predicted molar refractivity (Wildman–Crippen MR) is 85.3 cm³/mol. The molecule has 2 rings (SSSR count). The molecule has 0 aliphatic carbocycles. The summed E-state index contributed by atoms with van der Waals surface area (Å²) in [6.07, 6.45) is 0. The molecule has 0 bridgehead atoms. The quantitative estimate of drug-likeness (QED) is 0.815. The van der Waals surface area contributed by atoms with Crippen LogP contribution in [0.2, 0.25) is 0 Å². The van der Waals surface area contributed by atoms with Crippen LogP contribution in [0.5, 0.6) is 11.5 Å². The van der Waals surface area contributed by atoms with Crippen LogP contribution in [-0.2, 0) is 4.79 Å². The first-order chi connectivity index (χ1) is 11.0. The van der Waals surface area contributed by atoms with Crippen LogP contribution in [0.25, 0.3) is 0 Å². The SMILES string of the molecule is COc1ccc(OC)c(NC(=O)CSc2ccc(F)c(F)c2)c1. The molecule has 7 heteroatoms. The Bertz CT molecular complexity index is 710. The van der Waals surface area contributed by atoms with E-state index in [0.29, 0.717) is 22.1 Å². The Balaban J connectivity index is 2.00. The summed E-state index contributed by atoms with van der Waals surface area (Å²) < 4.78 is 36.2. The lowest BCUT2D eigenvalue weighted by Gasteiger charge is -2.11. The summed E-state index contributed by atoms with van der Waals surface area (Å²) >= 11 is 1.10. The molecule has 0 atom stereocenters. The Morgan fingerprint density at radius 3 is 2.52 bits per heavy atom. The maximum atomic E-state index is 13.1. The fourth-order valence-electron chi connectivity index (χ4n) is 1.81. The summed E-state index contributed by atoms with van der Waals surface area (Å²) in [4.78, 5) is 12.5. The van der Waals surface area contributed by atoms with Gasteiger partial charge in [0, 0.05) is 11.0 Å². The molecule has 23 heavy (non-hydrogen) atoms. The molecular formula is C16H15F2NO3S. The molecule has 0 fully saturated rings. The van der Waals surface area contributed by atoms with Gasteiger partial charge in [0.05, 0.1) is 25.7 Å². The standard InChI is InChI=1S/C16H15F2NO3S/c1-21-10-3-6-15(22-2)14(7-10)19-16(20)9-23-11-4-5-12(17)13(18)8-11/h3-8H,9H2,1-2H3,(H,19,20). The monoisotopic (exact) mass is 339 g/mol. The second-order valence-corrected chi connectivity index (χ2v) is 5.53. The summed E-state index contributed by atoms with van der Waals surface area (Å²) in [5, 5.41) is 2.70. The summed E-state index contributed by atoms with van der Waals surface area (Å²) in [7, 11) is 3.01. The fourth-order valence-corrected chi connectivity index (χ4v) is 2.53. The van der Waals surface area contributed by atoms with Gasteiger partial charge in [0.2, 0.25) is 5.91 Å². The molecule has 1 N–H and O–H groups in total. The van der Waals surface area contributed by atoms with E-state index in [4.69, 9.17) is 9.47 Å². The van der Waals surface area contributed by atoms with Crippen molar-refractivity contribution in [2.75, 3.05) is 25.3 Å². The number of hydrogen-bond acceptors (Lipinski definition) is 4. The zero-order chi connectivity index (χ0) is 16.8. The summed E-state index contributed by atoms with van der Waals surface area (Å²) in [5.41, 5.74) is 0.475. The first-order valence-corrected chi connectivity index (χ1v) is 7.61. The summed E-state index contributed by atoms with van der Waals surface area (Å²) in [6, 6.07) is 8.53. The van der Waals surface area contributed by atoms with Crippen molar-refractivity contribution in [3.05, 3.63) is 48.0 Å². The highest BCUT2D eigenvalue weighted by Crippen LogP contribution is 2.29. The number of ether oxygens (including phenoxy) is 2. The molecular weight excluding hydrogens is 324 g/mol. The molecule has 0 heterocycles. The topological polar surface area (TPSA) is 47.6 Å². The molecule has 0 saturated heterocycles. The van der Waals surface area contributed by atoms with Crippen LogP contribution in [0.3, 0.4) is 0 Å². The molecule has 2 aromatic rings. The molecule has 0 aliphatic heterocycles. The van der Waals surface area contributed by atoms with Crippen LogP contribution in [0.4, 0.5) is 14.5 Å². The third kappa shape index (κ3) is 4.59. The van der Waals surface area contributed by atoms with Crippen LogP contribution in [0, 0.1) is 11.6 Å².